The molecule has 3 heterocycles. The standard InChI is InChI=1S/C44H45Cl3N6O2/c1-28(34-16-14-31(45)24-36(34)47)53-27-48-41(30-9-5-3-6-10-30)43(53)40-35-17-15-32(46)25-37(35)49-42(40)44(54)50-38-23-29(26-55-2)13-18-39(38)52-21-19-51(20-22-52)33-11-7-4-8-12-33/h3,5-6,9-10,13-18,23-25,27-28,33,49H,4,7-8,11-12,19-22,26H2,1-2H3,(H,50,54)/t28-/m0/s1. The first-order chi connectivity index (χ1) is 26.8. The van der Waals surface area contributed by atoms with Crippen LogP contribution in [0.5, 0.6) is 0 Å². The summed E-state index contributed by atoms with van der Waals surface area (Å²) < 4.78 is 7.61. The molecule has 1 amide bonds. The lowest BCUT2D eigenvalue weighted by Crippen LogP contribution is -2.51. The van der Waals surface area contributed by atoms with Gasteiger partial charge in [0, 0.05) is 76.4 Å². The highest BCUT2D eigenvalue weighted by molar-refractivity contribution is 6.35. The van der Waals surface area contributed by atoms with Gasteiger partial charge >= 0.3 is 0 Å². The van der Waals surface area contributed by atoms with Crippen molar-refractivity contribution < 1.29 is 9.53 Å². The van der Waals surface area contributed by atoms with Crippen molar-refractivity contribution in [1.82, 2.24) is 19.4 Å². The Morgan fingerprint density at radius 3 is 2.40 bits per heavy atom. The van der Waals surface area contributed by atoms with Crippen LogP contribution in [-0.4, -0.2) is 64.7 Å². The number of carbonyl (C=O) groups is 1. The van der Waals surface area contributed by atoms with E-state index >= 15 is 0 Å². The fraction of sp³-hybridized carbons (Fsp3) is 0.318. The topological polar surface area (TPSA) is 78.4 Å². The number of hydrogen-bond acceptors (Lipinski definition) is 5. The van der Waals surface area contributed by atoms with Crippen molar-refractivity contribution >= 4 is 63.0 Å². The van der Waals surface area contributed by atoms with Crippen LogP contribution in [0.1, 0.15) is 66.7 Å². The normalized spacial score (nSPS) is 16.1. The summed E-state index contributed by atoms with van der Waals surface area (Å²) in [7, 11) is 1.68. The van der Waals surface area contributed by atoms with E-state index in [0.29, 0.717) is 39.0 Å². The maximum atomic E-state index is 14.9. The number of nitrogens with one attached hydrogen (secondary N) is 2. The molecule has 11 heteroatoms. The maximum Gasteiger partial charge on any atom is 0.272 e. The lowest BCUT2D eigenvalue weighted by Gasteiger charge is -2.42. The molecule has 0 radical (unpaired) electrons. The Bertz CT molecular complexity index is 2310. The number of benzene rings is 4. The Morgan fingerprint density at radius 2 is 1.65 bits per heavy atom. The van der Waals surface area contributed by atoms with Gasteiger partial charge in [0.05, 0.1) is 41.7 Å². The molecule has 2 aliphatic rings. The third-order valence-electron chi connectivity index (χ3n) is 11.3. The minimum Gasteiger partial charge on any atom is -0.380 e. The van der Waals surface area contributed by atoms with Crippen LogP contribution in [0, 0.1) is 0 Å². The van der Waals surface area contributed by atoms with Crippen LogP contribution >= 0.6 is 34.8 Å². The van der Waals surface area contributed by atoms with E-state index in [4.69, 9.17) is 44.5 Å². The van der Waals surface area contributed by atoms with Crippen molar-refractivity contribution in [2.45, 2.75) is 57.7 Å². The highest BCUT2D eigenvalue weighted by atomic mass is 35.5. The zero-order chi connectivity index (χ0) is 38.1. The molecule has 1 atom stereocenters. The molecule has 1 saturated carbocycles. The molecule has 1 aliphatic carbocycles. The van der Waals surface area contributed by atoms with Gasteiger partial charge in [0.25, 0.3) is 5.91 Å². The number of aromatic nitrogens is 3. The molecule has 0 spiro atoms. The maximum absolute atomic E-state index is 14.9. The number of carbonyl (C=O) groups excluding carboxylic acids is 1. The number of H-pyrrole nitrogens is 1. The first-order valence-electron chi connectivity index (χ1n) is 19.1. The number of hydrogen-bond donors (Lipinski definition) is 2. The monoisotopic (exact) mass is 794 g/mol. The number of methoxy groups -OCH3 is 1. The molecule has 1 saturated heterocycles. The minimum absolute atomic E-state index is 0.262. The number of amides is 1. The fourth-order valence-electron chi connectivity index (χ4n) is 8.46. The molecule has 1 aliphatic heterocycles. The van der Waals surface area contributed by atoms with Gasteiger partial charge in [0.2, 0.25) is 0 Å². The van der Waals surface area contributed by atoms with Crippen LogP contribution in [0.3, 0.4) is 0 Å². The van der Waals surface area contributed by atoms with E-state index in [1.165, 1.54) is 32.1 Å². The number of anilines is 2. The average molecular weight is 796 g/mol. The Kier molecular flexibility index (Phi) is 11.2. The third-order valence-corrected chi connectivity index (χ3v) is 12.1. The number of rotatable bonds is 10. The van der Waals surface area contributed by atoms with Gasteiger partial charge in [-0.2, -0.15) is 0 Å². The molecular weight excluding hydrogens is 751 g/mol. The first kappa shape index (κ1) is 37.6. The summed E-state index contributed by atoms with van der Waals surface area (Å²) in [5.74, 6) is -0.275. The predicted octanol–water partition coefficient (Wildman–Crippen LogP) is 11.1. The third kappa shape index (κ3) is 7.76. The zero-order valence-electron chi connectivity index (χ0n) is 31.1. The average Bonchev–Trinajstić information content (AvgIpc) is 3.80. The first-order valence-corrected chi connectivity index (χ1v) is 20.2. The second-order valence-corrected chi connectivity index (χ2v) is 16.0. The highest BCUT2D eigenvalue weighted by Gasteiger charge is 2.30. The SMILES string of the molecule is COCc1ccc(N2CCN(C3CCCCC3)CC2)c(NC(=O)c2[nH]c3cc(Cl)ccc3c2-c2c(-c3ccccc3)ncn2[C@@H](C)c2ccc(Cl)cc2Cl)c1. The molecule has 6 aromatic rings. The van der Waals surface area contributed by atoms with Gasteiger partial charge in [-0.3, -0.25) is 9.69 Å². The van der Waals surface area contributed by atoms with Gasteiger partial charge in [0.15, 0.2) is 0 Å². The van der Waals surface area contributed by atoms with Crippen LogP contribution in [0.25, 0.3) is 33.4 Å². The Morgan fingerprint density at radius 1 is 0.909 bits per heavy atom. The number of fused-ring (bicyclic) bond motifs is 1. The van der Waals surface area contributed by atoms with Gasteiger partial charge in [-0.05, 0) is 67.3 Å². The summed E-state index contributed by atoms with van der Waals surface area (Å²) in [6.45, 7) is 6.30. The lowest BCUT2D eigenvalue weighted by molar-refractivity contribution is 0.102. The second kappa shape index (κ2) is 16.4. The Hall–Kier alpha value is -4.31. The van der Waals surface area contributed by atoms with E-state index in [0.717, 1.165) is 76.5 Å². The molecule has 4 aromatic carbocycles. The van der Waals surface area contributed by atoms with Crippen LogP contribution in [0.15, 0.2) is 91.3 Å². The summed E-state index contributed by atoms with van der Waals surface area (Å²) in [5, 5.41) is 5.86. The largest absolute Gasteiger partial charge is 0.380 e. The van der Waals surface area contributed by atoms with Gasteiger partial charge in [-0.15, -0.1) is 0 Å². The van der Waals surface area contributed by atoms with Crippen molar-refractivity contribution in [1.29, 1.82) is 0 Å². The van der Waals surface area contributed by atoms with E-state index in [1.54, 1.807) is 13.2 Å². The van der Waals surface area contributed by atoms with E-state index in [1.807, 2.05) is 73.1 Å². The molecule has 2 aromatic heterocycles. The smallest absolute Gasteiger partial charge is 0.272 e. The molecule has 284 valence electrons. The molecule has 2 N–H and O–H groups in total. The van der Waals surface area contributed by atoms with Crippen molar-refractivity contribution in [2.75, 3.05) is 43.5 Å². The van der Waals surface area contributed by atoms with E-state index in [-0.39, 0.29) is 11.9 Å². The number of imidazole rings is 1. The zero-order valence-corrected chi connectivity index (χ0v) is 33.4. The second-order valence-electron chi connectivity index (χ2n) is 14.7. The van der Waals surface area contributed by atoms with Gasteiger partial charge < -0.3 is 24.5 Å². The number of piperazine rings is 1. The summed E-state index contributed by atoms with van der Waals surface area (Å²) in [6, 6.07) is 27.9. The summed E-state index contributed by atoms with van der Waals surface area (Å²) in [4.78, 5) is 28.5. The summed E-state index contributed by atoms with van der Waals surface area (Å²) in [6.07, 6.45) is 8.41. The fourth-order valence-corrected chi connectivity index (χ4v) is 9.20. The van der Waals surface area contributed by atoms with Crippen molar-refractivity contribution in [3.05, 3.63) is 123 Å². The predicted molar refractivity (Wildman–Crippen MR) is 226 cm³/mol. The van der Waals surface area contributed by atoms with Gasteiger partial charge in [0.1, 0.15) is 5.69 Å². The number of nitrogens with zero attached hydrogens (tertiary/aromatic N) is 4. The Balaban J connectivity index is 1.22. The van der Waals surface area contributed by atoms with Crippen LogP contribution < -0.4 is 10.2 Å². The minimum atomic E-state index is -0.275. The molecule has 0 bridgehead atoms. The summed E-state index contributed by atoms with van der Waals surface area (Å²) >= 11 is 19.7. The van der Waals surface area contributed by atoms with E-state index in [9.17, 15) is 4.79 Å². The molecular formula is C44H45Cl3N6O2. The number of ether oxygens (including phenoxy) is 1. The quantitative estimate of drug-likeness (QED) is 0.144. The molecule has 0 unspecified atom stereocenters. The van der Waals surface area contributed by atoms with Gasteiger partial charge in [-0.25, -0.2) is 4.98 Å². The molecule has 8 rings (SSSR count). The van der Waals surface area contributed by atoms with Crippen LogP contribution in [0.2, 0.25) is 15.1 Å². The van der Waals surface area contributed by atoms with Crippen molar-refractivity contribution in [3.8, 4) is 22.5 Å². The van der Waals surface area contributed by atoms with Crippen LogP contribution in [0.4, 0.5) is 11.4 Å². The lowest BCUT2D eigenvalue weighted by atomic mass is 9.94. The van der Waals surface area contributed by atoms with Crippen molar-refractivity contribution in [2.24, 2.45) is 0 Å². The molecule has 2 fully saturated rings. The highest BCUT2D eigenvalue weighted by Crippen LogP contribution is 2.43. The Labute approximate surface area is 337 Å². The molecule has 8 nitrogen and oxygen atoms in total. The number of halogens is 3. The van der Waals surface area contributed by atoms with Crippen molar-refractivity contribution in [3.63, 3.8) is 0 Å². The van der Waals surface area contributed by atoms with Gasteiger partial charge in [-0.1, -0.05) is 103 Å². The molecule has 55 heavy (non-hydrogen) atoms. The van der Waals surface area contributed by atoms with E-state index in [2.05, 4.69) is 43.7 Å². The number of aromatic amines is 1. The van der Waals surface area contributed by atoms with E-state index < -0.39 is 0 Å². The summed E-state index contributed by atoms with van der Waals surface area (Å²) in [5.41, 5.74) is 7.88. The van der Waals surface area contributed by atoms with Crippen LogP contribution in [-0.2, 0) is 11.3 Å².